The Morgan fingerprint density at radius 3 is 3.06 bits per heavy atom. The summed E-state index contributed by atoms with van der Waals surface area (Å²) in [6, 6.07) is 0. The third kappa shape index (κ3) is 3.16. The Balaban J connectivity index is 1.96. The number of rotatable bonds is 4. The molecule has 84 valence electrons. The first-order valence-corrected chi connectivity index (χ1v) is 6.01. The minimum absolute atomic E-state index is 0.0563. The molecular weight excluding hydrogens is 319 g/mol. The van der Waals surface area contributed by atoms with Crippen molar-refractivity contribution in [3.05, 3.63) is 18.1 Å². The number of anilines is 1. The molecule has 0 saturated heterocycles. The normalized spacial score (nSPS) is 15.3. The van der Waals surface area contributed by atoms with Crippen LogP contribution in [0, 0.1) is 11.3 Å². The van der Waals surface area contributed by atoms with Gasteiger partial charge in [-0.05, 0) is 47.6 Å². The fraction of sp³-hybridized carbons (Fsp3) is 0.300. The van der Waals surface area contributed by atoms with Crippen LogP contribution >= 0.6 is 22.6 Å². The van der Waals surface area contributed by atoms with E-state index in [2.05, 4.69) is 15.3 Å². The van der Waals surface area contributed by atoms with Gasteiger partial charge < -0.3 is 10.3 Å². The van der Waals surface area contributed by atoms with Gasteiger partial charge in [0.25, 0.3) is 0 Å². The summed E-state index contributed by atoms with van der Waals surface area (Å²) >= 11 is 1.90. The number of aromatic amines is 1. The molecule has 3 N–H and O–H groups in total. The third-order valence-electron chi connectivity index (χ3n) is 2.19. The van der Waals surface area contributed by atoms with Gasteiger partial charge in [-0.1, -0.05) is 0 Å². The van der Waals surface area contributed by atoms with E-state index in [9.17, 15) is 4.79 Å². The Morgan fingerprint density at radius 2 is 2.44 bits per heavy atom. The van der Waals surface area contributed by atoms with Gasteiger partial charge in [0.05, 0.1) is 9.92 Å². The number of halogens is 1. The first-order chi connectivity index (χ1) is 7.65. The van der Waals surface area contributed by atoms with Gasteiger partial charge in [-0.15, -0.1) is 0 Å². The van der Waals surface area contributed by atoms with Crippen LogP contribution in [0.5, 0.6) is 0 Å². The van der Waals surface area contributed by atoms with Gasteiger partial charge in [0.2, 0.25) is 5.91 Å². The average molecular weight is 330 g/mol. The molecule has 1 aromatic heterocycles. The number of imidazole rings is 1. The Morgan fingerprint density at radius 1 is 1.69 bits per heavy atom. The van der Waals surface area contributed by atoms with Crippen molar-refractivity contribution in [2.24, 2.45) is 5.92 Å². The lowest BCUT2D eigenvalue weighted by molar-refractivity contribution is -0.117. The molecule has 0 aliphatic heterocycles. The van der Waals surface area contributed by atoms with E-state index in [1.54, 1.807) is 18.3 Å². The van der Waals surface area contributed by atoms with E-state index >= 15 is 0 Å². The molecule has 1 amide bonds. The topological polar surface area (TPSA) is 81.6 Å². The standard InChI is InChI=1S/C10H11IN4O/c11-7(12)3-4-8-13-5-9(14-8)15-10(16)6-1-2-6/h3-6,12H,1-2H2,(H,13,14)(H,15,16)/b4-3-,12-7?. The third-order valence-corrected chi connectivity index (χ3v) is 2.55. The summed E-state index contributed by atoms with van der Waals surface area (Å²) < 4.78 is 0.428. The maximum atomic E-state index is 11.4. The van der Waals surface area contributed by atoms with E-state index in [-0.39, 0.29) is 11.8 Å². The molecule has 1 aliphatic rings. The second-order valence-electron chi connectivity index (χ2n) is 3.63. The molecule has 1 fully saturated rings. The lowest BCUT2D eigenvalue weighted by Crippen LogP contribution is -2.13. The number of nitrogens with one attached hydrogen (secondary N) is 3. The number of amides is 1. The van der Waals surface area contributed by atoms with Crippen LogP contribution in [-0.2, 0) is 4.79 Å². The van der Waals surface area contributed by atoms with Crippen LogP contribution < -0.4 is 5.32 Å². The quantitative estimate of drug-likeness (QED) is 0.584. The molecule has 0 aromatic carbocycles. The largest absolute Gasteiger partial charge is 0.325 e. The highest BCUT2D eigenvalue weighted by atomic mass is 127. The minimum Gasteiger partial charge on any atom is -0.325 e. The highest BCUT2D eigenvalue weighted by Crippen LogP contribution is 2.29. The molecule has 0 radical (unpaired) electrons. The van der Waals surface area contributed by atoms with Crippen LogP contribution in [-0.4, -0.2) is 19.6 Å². The van der Waals surface area contributed by atoms with Gasteiger partial charge in [-0.3, -0.25) is 10.2 Å². The lowest BCUT2D eigenvalue weighted by atomic mass is 10.4. The molecule has 16 heavy (non-hydrogen) atoms. The lowest BCUT2D eigenvalue weighted by Gasteiger charge is -1.98. The molecule has 0 bridgehead atoms. The Bertz CT molecular complexity index is 447. The molecule has 1 heterocycles. The van der Waals surface area contributed by atoms with Crippen LogP contribution in [0.4, 0.5) is 5.82 Å². The number of carbonyl (C=O) groups excluding carboxylic acids is 1. The zero-order valence-electron chi connectivity index (χ0n) is 8.46. The van der Waals surface area contributed by atoms with E-state index in [0.717, 1.165) is 12.8 Å². The molecule has 2 rings (SSSR count). The molecule has 6 heteroatoms. The van der Waals surface area contributed by atoms with Crippen molar-refractivity contribution in [2.45, 2.75) is 12.8 Å². The van der Waals surface area contributed by atoms with Gasteiger partial charge in [-0.25, -0.2) is 4.98 Å². The second-order valence-corrected chi connectivity index (χ2v) is 4.79. The number of aromatic nitrogens is 2. The molecule has 0 unspecified atom stereocenters. The van der Waals surface area contributed by atoms with Crippen molar-refractivity contribution < 1.29 is 4.79 Å². The molecule has 5 nitrogen and oxygen atoms in total. The molecule has 1 saturated carbocycles. The Kier molecular flexibility index (Phi) is 3.37. The Hall–Kier alpha value is -1.18. The van der Waals surface area contributed by atoms with Gasteiger partial charge in [0, 0.05) is 5.92 Å². The fourth-order valence-electron chi connectivity index (χ4n) is 1.22. The summed E-state index contributed by atoms with van der Waals surface area (Å²) in [5.74, 6) is 1.48. The molecular formula is C10H11IN4O. The van der Waals surface area contributed by atoms with Crippen LogP contribution in [0.15, 0.2) is 12.3 Å². The Labute approximate surface area is 106 Å². The predicted molar refractivity (Wildman–Crippen MR) is 70.7 cm³/mol. The van der Waals surface area contributed by atoms with Crippen molar-refractivity contribution in [3.63, 3.8) is 0 Å². The van der Waals surface area contributed by atoms with Crippen LogP contribution in [0.3, 0.4) is 0 Å². The van der Waals surface area contributed by atoms with Crippen molar-refractivity contribution >= 4 is 44.1 Å². The van der Waals surface area contributed by atoms with E-state index < -0.39 is 0 Å². The predicted octanol–water partition coefficient (Wildman–Crippen LogP) is 2.18. The zero-order valence-corrected chi connectivity index (χ0v) is 10.6. The smallest absolute Gasteiger partial charge is 0.228 e. The second kappa shape index (κ2) is 4.77. The number of nitrogens with zero attached hydrogens (tertiary/aromatic N) is 1. The van der Waals surface area contributed by atoms with Crippen molar-refractivity contribution in [1.29, 1.82) is 5.41 Å². The summed E-state index contributed by atoms with van der Waals surface area (Å²) in [6.45, 7) is 0. The summed E-state index contributed by atoms with van der Waals surface area (Å²) in [6.07, 6.45) is 6.88. The van der Waals surface area contributed by atoms with Crippen LogP contribution in [0.1, 0.15) is 18.7 Å². The van der Waals surface area contributed by atoms with E-state index in [1.165, 1.54) is 0 Å². The molecule has 1 aromatic rings. The summed E-state index contributed by atoms with van der Waals surface area (Å²) in [5.41, 5.74) is 0. The van der Waals surface area contributed by atoms with Crippen molar-refractivity contribution in [3.8, 4) is 0 Å². The summed E-state index contributed by atoms with van der Waals surface area (Å²) in [5, 5.41) is 9.98. The van der Waals surface area contributed by atoms with Gasteiger partial charge >= 0.3 is 0 Å². The van der Waals surface area contributed by atoms with Gasteiger partial charge in [-0.2, -0.15) is 0 Å². The number of hydrogen-bond donors (Lipinski definition) is 3. The summed E-state index contributed by atoms with van der Waals surface area (Å²) in [4.78, 5) is 18.5. The number of hydrogen-bond acceptors (Lipinski definition) is 3. The highest BCUT2D eigenvalue weighted by Gasteiger charge is 2.29. The van der Waals surface area contributed by atoms with Gasteiger partial charge in [0.1, 0.15) is 11.6 Å². The molecule has 1 aliphatic carbocycles. The van der Waals surface area contributed by atoms with Crippen LogP contribution in [0.25, 0.3) is 6.08 Å². The SMILES string of the molecule is N=C(I)/C=C\c1ncc(NC(=O)C2CC2)[nH]1. The monoisotopic (exact) mass is 330 g/mol. The number of carbonyl (C=O) groups is 1. The van der Waals surface area contributed by atoms with E-state index in [1.807, 2.05) is 22.6 Å². The zero-order chi connectivity index (χ0) is 11.5. The fourth-order valence-corrected chi connectivity index (χ4v) is 1.40. The van der Waals surface area contributed by atoms with E-state index in [0.29, 0.717) is 15.4 Å². The van der Waals surface area contributed by atoms with E-state index in [4.69, 9.17) is 5.41 Å². The number of allylic oxidation sites excluding steroid dienone is 1. The van der Waals surface area contributed by atoms with Crippen LogP contribution in [0.2, 0.25) is 0 Å². The van der Waals surface area contributed by atoms with Crippen molar-refractivity contribution in [1.82, 2.24) is 9.97 Å². The maximum absolute atomic E-state index is 11.4. The highest BCUT2D eigenvalue weighted by molar-refractivity contribution is 14.1. The first-order valence-electron chi connectivity index (χ1n) is 4.93. The average Bonchev–Trinajstić information content (AvgIpc) is 2.98. The van der Waals surface area contributed by atoms with Gasteiger partial charge in [0.15, 0.2) is 0 Å². The number of H-pyrrole nitrogens is 1. The molecule has 0 atom stereocenters. The molecule has 0 spiro atoms. The summed E-state index contributed by atoms with van der Waals surface area (Å²) in [7, 11) is 0. The maximum Gasteiger partial charge on any atom is 0.228 e. The van der Waals surface area contributed by atoms with Crippen molar-refractivity contribution in [2.75, 3.05) is 5.32 Å². The first kappa shape index (κ1) is 11.3. The minimum atomic E-state index is 0.0563.